The highest BCUT2D eigenvalue weighted by Gasteiger charge is 2.28. The Morgan fingerprint density at radius 3 is 2.45 bits per heavy atom. The number of aryl methyl sites for hydroxylation is 2. The molecule has 2 aliphatic rings. The van der Waals surface area contributed by atoms with Crippen molar-refractivity contribution in [2.45, 2.75) is 52.6 Å². The minimum absolute atomic E-state index is 0.0984. The minimum Gasteiger partial charge on any atom is -0.343 e. The Kier molecular flexibility index (Phi) is 7.11. The fourth-order valence-electron chi connectivity index (χ4n) is 4.52. The molecule has 176 valence electrons. The largest absolute Gasteiger partial charge is 0.343 e. The van der Waals surface area contributed by atoms with Crippen LogP contribution in [0, 0.1) is 6.92 Å². The van der Waals surface area contributed by atoms with E-state index < -0.39 is 0 Å². The Bertz CT molecular complexity index is 1010. The van der Waals surface area contributed by atoms with Gasteiger partial charge in [0.2, 0.25) is 5.91 Å². The van der Waals surface area contributed by atoms with Gasteiger partial charge in [0.15, 0.2) is 5.69 Å². The predicted molar refractivity (Wildman–Crippen MR) is 125 cm³/mol. The lowest BCUT2D eigenvalue weighted by atomic mass is 10.1. The number of aromatic nitrogens is 2. The molecule has 2 aliphatic heterocycles. The number of benzene rings is 1. The Hall–Kier alpha value is -3.16. The zero-order chi connectivity index (χ0) is 23.4. The molecule has 1 aromatic heterocycles. The van der Waals surface area contributed by atoms with Gasteiger partial charge in [-0.05, 0) is 38.7 Å². The molecule has 0 atom stereocenters. The highest BCUT2D eigenvalue weighted by Crippen LogP contribution is 2.18. The number of likely N-dealkylation sites (tertiary alicyclic amines) is 1. The fourth-order valence-corrected chi connectivity index (χ4v) is 4.52. The third-order valence-corrected chi connectivity index (χ3v) is 6.52. The van der Waals surface area contributed by atoms with Gasteiger partial charge in [-0.1, -0.05) is 29.8 Å². The Morgan fingerprint density at radius 2 is 1.76 bits per heavy atom. The molecular weight excluding hydrogens is 418 g/mol. The second kappa shape index (κ2) is 10.2. The molecule has 3 amide bonds. The van der Waals surface area contributed by atoms with E-state index in [-0.39, 0.29) is 23.4 Å². The van der Waals surface area contributed by atoms with E-state index in [9.17, 15) is 14.4 Å². The lowest BCUT2D eigenvalue weighted by Crippen LogP contribution is -2.36. The summed E-state index contributed by atoms with van der Waals surface area (Å²) >= 11 is 0. The number of rotatable bonds is 7. The molecule has 4 rings (SSSR count). The third kappa shape index (κ3) is 5.26. The molecule has 3 heterocycles. The molecule has 8 heteroatoms. The van der Waals surface area contributed by atoms with Gasteiger partial charge in [0.05, 0.1) is 0 Å². The van der Waals surface area contributed by atoms with Gasteiger partial charge < -0.3 is 14.7 Å². The van der Waals surface area contributed by atoms with Crippen molar-refractivity contribution in [1.82, 2.24) is 24.5 Å². The van der Waals surface area contributed by atoms with Crippen LogP contribution in [0.4, 0.5) is 0 Å². The number of nitrogens with zero attached hydrogens (tertiary/aromatic N) is 5. The molecule has 0 spiro atoms. The van der Waals surface area contributed by atoms with Gasteiger partial charge in [-0.15, -0.1) is 0 Å². The van der Waals surface area contributed by atoms with Crippen LogP contribution in [0.25, 0.3) is 0 Å². The summed E-state index contributed by atoms with van der Waals surface area (Å²) < 4.78 is 1.66. The topological polar surface area (TPSA) is 78.8 Å². The first-order valence-electron chi connectivity index (χ1n) is 12.0. The van der Waals surface area contributed by atoms with Crippen LogP contribution in [0.2, 0.25) is 0 Å². The maximum atomic E-state index is 13.2. The molecule has 2 aromatic rings. The number of fused-ring (bicyclic) bond motifs is 1. The zero-order valence-electron chi connectivity index (χ0n) is 19.6. The summed E-state index contributed by atoms with van der Waals surface area (Å²) in [5.41, 5.74) is 2.99. The lowest BCUT2D eigenvalue weighted by Gasteiger charge is -2.22. The SMILES string of the molecule is CCN(CCC(=O)N1CCCC1)C(=O)c1cc2n(n1)CCCN(Cc1ccc(C)cc1)C2=O. The Morgan fingerprint density at radius 1 is 1.03 bits per heavy atom. The molecule has 0 aliphatic carbocycles. The van der Waals surface area contributed by atoms with E-state index in [1.165, 1.54) is 5.56 Å². The van der Waals surface area contributed by atoms with Gasteiger partial charge in [-0.2, -0.15) is 5.10 Å². The van der Waals surface area contributed by atoms with Crippen LogP contribution in [-0.2, 0) is 17.9 Å². The number of carbonyl (C=O) groups excluding carboxylic acids is 3. The summed E-state index contributed by atoms with van der Waals surface area (Å²) in [5, 5.41) is 4.47. The van der Waals surface area contributed by atoms with Gasteiger partial charge in [-0.3, -0.25) is 19.1 Å². The standard InChI is InChI=1S/C25H33N5O3/c1-3-27(16-11-23(31)28-12-4-5-13-28)24(32)21-17-22-25(33)29(14-6-15-30(22)26-21)18-20-9-7-19(2)8-10-20/h7-10,17H,3-6,11-16,18H2,1-2H3. The van der Waals surface area contributed by atoms with Crippen LogP contribution < -0.4 is 0 Å². The van der Waals surface area contributed by atoms with E-state index in [1.807, 2.05) is 47.9 Å². The van der Waals surface area contributed by atoms with E-state index in [4.69, 9.17) is 0 Å². The Balaban J connectivity index is 1.43. The van der Waals surface area contributed by atoms with Crippen molar-refractivity contribution in [1.29, 1.82) is 0 Å². The van der Waals surface area contributed by atoms with Gasteiger partial charge in [0.25, 0.3) is 11.8 Å². The number of hydrogen-bond acceptors (Lipinski definition) is 4. The average Bonchev–Trinajstić information content (AvgIpc) is 3.48. The van der Waals surface area contributed by atoms with Crippen molar-refractivity contribution < 1.29 is 14.4 Å². The molecule has 0 bridgehead atoms. The van der Waals surface area contributed by atoms with Gasteiger partial charge in [0.1, 0.15) is 5.69 Å². The first-order valence-corrected chi connectivity index (χ1v) is 12.0. The molecule has 8 nitrogen and oxygen atoms in total. The highest BCUT2D eigenvalue weighted by molar-refractivity contribution is 5.98. The van der Waals surface area contributed by atoms with Crippen LogP contribution >= 0.6 is 0 Å². The van der Waals surface area contributed by atoms with Crippen molar-refractivity contribution in [2.75, 3.05) is 32.7 Å². The summed E-state index contributed by atoms with van der Waals surface area (Å²) in [6.45, 7) is 8.20. The smallest absolute Gasteiger partial charge is 0.274 e. The van der Waals surface area contributed by atoms with Crippen molar-refractivity contribution in [2.24, 2.45) is 0 Å². The summed E-state index contributed by atoms with van der Waals surface area (Å²) in [5.74, 6) is -0.238. The van der Waals surface area contributed by atoms with Crippen molar-refractivity contribution >= 4 is 17.7 Å². The van der Waals surface area contributed by atoms with E-state index >= 15 is 0 Å². The summed E-state index contributed by atoms with van der Waals surface area (Å²) in [4.78, 5) is 44.1. The molecule has 0 radical (unpaired) electrons. The van der Waals surface area contributed by atoms with Crippen molar-refractivity contribution in [3.8, 4) is 0 Å². The number of hydrogen-bond donors (Lipinski definition) is 0. The Labute approximate surface area is 195 Å². The molecular formula is C25H33N5O3. The van der Waals surface area contributed by atoms with Gasteiger partial charge in [0, 0.05) is 58.3 Å². The van der Waals surface area contributed by atoms with Crippen molar-refractivity contribution in [3.05, 3.63) is 52.8 Å². The minimum atomic E-state index is -0.231. The molecule has 1 saturated heterocycles. The van der Waals surface area contributed by atoms with Crippen LogP contribution in [0.15, 0.2) is 30.3 Å². The summed E-state index contributed by atoms with van der Waals surface area (Å²) in [6, 6.07) is 9.80. The molecule has 1 aromatic carbocycles. The maximum Gasteiger partial charge on any atom is 0.274 e. The predicted octanol–water partition coefficient (Wildman–Crippen LogP) is 2.71. The number of carbonyl (C=O) groups is 3. The fraction of sp³-hybridized carbons (Fsp3) is 0.520. The van der Waals surface area contributed by atoms with Gasteiger partial charge in [-0.25, -0.2) is 0 Å². The van der Waals surface area contributed by atoms with E-state index in [0.29, 0.717) is 44.8 Å². The van der Waals surface area contributed by atoms with Crippen LogP contribution in [0.5, 0.6) is 0 Å². The van der Waals surface area contributed by atoms with Gasteiger partial charge >= 0.3 is 0 Å². The third-order valence-electron chi connectivity index (χ3n) is 6.52. The monoisotopic (exact) mass is 451 g/mol. The summed E-state index contributed by atoms with van der Waals surface area (Å²) in [6.07, 6.45) is 3.20. The number of amides is 3. The zero-order valence-corrected chi connectivity index (χ0v) is 19.6. The molecule has 33 heavy (non-hydrogen) atoms. The second-order valence-electron chi connectivity index (χ2n) is 8.93. The summed E-state index contributed by atoms with van der Waals surface area (Å²) in [7, 11) is 0. The van der Waals surface area contributed by atoms with Crippen LogP contribution in [0.1, 0.15) is 64.7 Å². The van der Waals surface area contributed by atoms with E-state index in [1.54, 1.807) is 15.6 Å². The normalized spacial score (nSPS) is 16.0. The average molecular weight is 452 g/mol. The van der Waals surface area contributed by atoms with E-state index in [0.717, 1.165) is 37.9 Å². The molecule has 1 fully saturated rings. The maximum absolute atomic E-state index is 13.2. The van der Waals surface area contributed by atoms with Crippen LogP contribution in [0.3, 0.4) is 0 Å². The molecule has 0 unspecified atom stereocenters. The first kappa shape index (κ1) is 23.0. The molecule has 0 saturated carbocycles. The van der Waals surface area contributed by atoms with E-state index in [2.05, 4.69) is 5.10 Å². The molecule has 0 N–H and O–H groups in total. The first-order chi connectivity index (χ1) is 16.0. The highest BCUT2D eigenvalue weighted by atomic mass is 16.2. The quantitative estimate of drug-likeness (QED) is 0.648. The van der Waals surface area contributed by atoms with Crippen molar-refractivity contribution in [3.63, 3.8) is 0 Å². The lowest BCUT2D eigenvalue weighted by molar-refractivity contribution is -0.130. The van der Waals surface area contributed by atoms with Crippen LogP contribution in [-0.4, -0.2) is 74.9 Å². The second-order valence-corrected chi connectivity index (χ2v) is 8.93.